The fourth-order valence-electron chi connectivity index (χ4n) is 1.80. The van der Waals surface area contributed by atoms with Crippen molar-refractivity contribution in [3.05, 3.63) is 34.6 Å². The van der Waals surface area contributed by atoms with Crippen LogP contribution in [0.3, 0.4) is 0 Å². The van der Waals surface area contributed by atoms with Gasteiger partial charge in [-0.15, -0.1) is 11.3 Å². The molecule has 0 aliphatic carbocycles. The highest BCUT2D eigenvalue weighted by atomic mass is 32.1. The molecule has 0 atom stereocenters. The molecule has 114 valence electrons. The van der Waals surface area contributed by atoms with Crippen molar-refractivity contribution in [2.24, 2.45) is 0 Å². The van der Waals surface area contributed by atoms with E-state index in [0.717, 1.165) is 23.5 Å². The van der Waals surface area contributed by atoms with E-state index < -0.39 is 17.6 Å². The number of hydrogen-bond acceptors (Lipinski definition) is 3. The van der Waals surface area contributed by atoms with Crippen molar-refractivity contribution in [3.8, 4) is 11.3 Å². The Morgan fingerprint density at radius 2 is 1.76 bits per heavy atom. The molecule has 0 amide bonds. The van der Waals surface area contributed by atoms with E-state index in [0.29, 0.717) is 11.1 Å². The predicted molar refractivity (Wildman–Crippen MR) is 75.6 cm³/mol. The first-order valence-electron chi connectivity index (χ1n) is 6.14. The third-order valence-corrected chi connectivity index (χ3v) is 4.15. The molecular formula is C14H14F4N2S. The lowest BCUT2D eigenvalue weighted by molar-refractivity contribution is -0.137. The van der Waals surface area contributed by atoms with Crippen LogP contribution >= 0.6 is 11.3 Å². The van der Waals surface area contributed by atoms with E-state index in [1.165, 1.54) is 0 Å². The van der Waals surface area contributed by atoms with Gasteiger partial charge in [0.05, 0.1) is 5.56 Å². The van der Waals surface area contributed by atoms with Crippen molar-refractivity contribution in [2.75, 3.05) is 5.73 Å². The summed E-state index contributed by atoms with van der Waals surface area (Å²) >= 11 is 1.15. The first kappa shape index (κ1) is 15.8. The van der Waals surface area contributed by atoms with Gasteiger partial charge in [0.1, 0.15) is 21.5 Å². The minimum Gasteiger partial charge on any atom is -0.389 e. The lowest BCUT2D eigenvalue weighted by Crippen LogP contribution is -2.11. The average Bonchev–Trinajstić information content (AvgIpc) is 2.70. The molecule has 0 saturated carbocycles. The summed E-state index contributed by atoms with van der Waals surface area (Å²) in [5.74, 6) is -0.948. The second-order valence-corrected chi connectivity index (χ2v) is 6.70. The normalized spacial score (nSPS) is 12.7. The number of nitrogens with zero attached hydrogens (tertiary/aromatic N) is 1. The third kappa shape index (κ3) is 3.18. The summed E-state index contributed by atoms with van der Waals surface area (Å²) in [6.45, 7) is 5.68. The van der Waals surface area contributed by atoms with Gasteiger partial charge in [0.25, 0.3) is 0 Å². The van der Waals surface area contributed by atoms with E-state index in [9.17, 15) is 17.6 Å². The Balaban J connectivity index is 2.66. The largest absolute Gasteiger partial charge is 0.417 e. The molecule has 2 N–H and O–H groups in total. The van der Waals surface area contributed by atoms with Crippen molar-refractivity contribution < 1.29 is 17.6 Å². The van der Waals surface area contributed by atoms with Crippen LogP contribution in [0.2, 0.25) is 0 Å². The number of anilines is 1. The average molecular weight is 318 g/mol. The van der Waals surface area contributed by atoms with Gasteiger partial charge in [-0.3, -0.25) is 0 Å². The van der Waals surface area contributed by atoms with Crippen LogP contribution < -0.4 is 5.73 Å². The van der Waals surface area contributed by atoms with Crippen LogP contribution in [0, 0.1) is 5.82 Å². The molecule has 0 fully saturated rings. The highest BCUT2D eigenvalue weighted by Gasteiger charge is 2.35. The van der Waals surface area contributed by atoms with Crippen LogP contribution in [-0.2, 0) is 11.6 Å². The molecule has 2 nitrogen and oxygen atoms in total. The smallest absolute Gasteiger partial charge is 0.389 e. The van der Waals surface area contributed by atoms with E-state index in [1.54, 1.807) is 0 Å². The van der Waals surface area contributed by atoms with Crippen molar-refractivity contribution in [2.45, 2.75) is 32.4 Å². The molecule has 2 rings (SSSR count). The van der Waals surface area contributed by atoms with E-state index in [1.807, 2.05) is 20.8 Å². The van der Waals surface area contributed by atoms with Gasteiger partial charge in [0.15, 0.2) is 0 Å². The molecule has 1 aromatic heterocycles. The summed E-state index contributed by atoms with van der Waals surface area (Å²) in [6, 6.07) is 2.50. The van der Waals surface area contributed by atoms with E-state index in [4.69, 9.17) is 5.73 Å². The van der Waals surface area contributed by atoms with Crippen LogP contribution in [0.4, 0.5) is 22.6 Å². The molecule has 0 spiro atoms. The fraction of sp³-hybridized carbons (Fsp3) is 0.357. The van der Waals surface area contributed by atoms with Crippen LogP contribution in [0.1, 0.15) is 31.3 Å². The van der Waals surface area contributed by atoms with Gasteiger partial charge in [-0.25, -0.2) is 9.37 Å². The summed E-state index contributed by atoms with van der Waals surface area (Å²) in [5.41, 5.74) is 4.27. The quantitative estimate of drug-likeness (QED) is 0.764. The van der Waals surface area contributed by atoms with Crippen molar-refractivity contribution in [3.63, 3.8) is 0 Å². The van der Waals surface area contributed by atoms with Crippen LogP contribution in [0.5, 0.6) is 0 Å². The Morgan fingerprint density at radius 3 is 2.24 bits per heavy atom. The topological polar surface area (TPSA) is 38.9 Å². The molecular weight excluding hydrogens is 304 g/mol. The highest BCUT2D eigenvalue weighted by molar-refractivity contribution is 7.16. The van der Waals surface area contributed by atoms with Crippen LogP contribution in [0.15, 0.2) is 18.2 Å². The molecule has 0 aliphatic rings. The summed E-state index contributed by atoms with van der Waals surface area (Å²) < 4.78 is 52.3. The molecule has 1 aromatic carbocycles. The first-order valence-corrected chi connectivity index (χ1v) is 6.95. The maximum Gasteiger partial charge on any atom is 0.417 e. The van der Waals surface area contributed by atoms with Crippen molar-refractivity contribution in [1.82, 2.24) is 4.98 Å². The van der Waals surface area contributed by atoms with Crippen molar-refractivity contribution >= 4 is 16.3 Å². The predicted octanol–water partition coefficient (Wildman–Crippen LogP) is 4.85. The standard InChI is InChI=1S/C14H14F4N2S/c1-13(2,3)12-20-10(11(19)21-12)8-5-4-7(15)6-9(8)14(16,17)18/h4-6H,19H2,1-3H3. The summed E-state index contributed by atoms with van der Waals surface area (Å²) in [5, 5.41) is 0.824. The summed E-state index contributed by atoms with van der Waals surface area (Å²) in [7, 11) is 0. The van der Waals surface area contributed by atoms with E-state index >= 15 is 0 Å². The first-order chi connectivity index (χ1) is 9.50. The Bertz CT molecular complexity index is 669. The Kier molecular flexibility index (Phi) is 3.73. The second-order valence-electron chi connectivity index (χ2n) is 5.67. The minimum atomic E-state index is -4.67. The Labute approximate surface area is 123 Å². The number of halogens is 4. The number of benzene rings is 1. The maximum atomic E-state index is 13.1. The van der Waals surface area contributed by atoms with Gasteiger partial charge < -0.3 is 5.73 Å². The molecule has 7 heteroatoms. The molecule has 1 heterocycles. The second kappa shape index (κ2) is 4.98. The van der Waals surface area contributed by atoms with Gasteiger partial charge >= 0.3 is 6.18 Å². The molecule has 0 saturated heterocycles. The summed E-state index contributed by atoms with van der Waals surface area (Å²) in [4.78, 5) is 4.23. The molecule has 21 heavy (non-hydrogen) atoms. The number of thiazole rings is 1. The number of rotatable bonds is 1. The lowest BCUT2D eigenvalue weighted by Gasteiger charge is -2.14. The third-order valence-electron chi connectivity index (χ3n) is 2.84. The highest BCUT2D eigenvalue weighted by Crippen LogP contribution is 2.42. The number of nitrogens with two attached hydrogens (primary N) is 1. The SMILES string of the molecule is CC(C)(C)c1nc(-c2ccc(F)cc2C(F)(F)F)c(N)s1. The number of alkyl halides is 3. The number of nitrogen functional groups attached to an aromatic ring is 1. The molecule has 0 bridgehead atoms. The number of hydrogen-bond donors (Lipinski definition) is 1. The Hall–Kier alpha value is -1.63. The van der Waals surface area contributed by atoms with Crippen LogP contribution in [0.25, 0.3) is 11.3 Å². The fourth-order valence-corrected chi connectivity index (χ4v) is 2.71. The van der Waals surface area contributed by atoms with Crippen LogP contribution in [-0.4, -0.2) is 4.98 Å². The van der Waals surface area contributed by atoms with E-state index in [-0.39, 0.29) is 21.7 Å². The zero-order chi connectivity index (χ0) is 16.0. The maximum absolute atomic E-state index is 13.1. The summed E-state index contributed by atoms with van der Waals surface area (Å²) in [6.07, 6.45) is -4.67. The van der Waals surface area contributed by atoms with Gasteiger partial charge in [0, 0.05) is 11.0 Å². The molecule has 2 aromatic rings. The molecule has 0 unspecified atom stereocenters. The van der Waals surface area contributed by atoms with Gasteiger partial charge in [-0.2, -0.15) is 13.2 Å². The van der Waals surface area contributed by atoms with Crippen molar-refractivity contribution in [1.29, 1.82) is 0 Å². The van der Waals surface area contributed by atoms with Gasteiger partial charge in [-0.1, -0.05) is 20.8 Å². The Morgan fingerprint density at radius 1 is 1.14 bits per heavy atom. The minimum absolute atomic E-state index is 0.0530. The molecule has 0 aliphatic heterocycles. The zero-order valence-electron chi connectivity index (χ0n) is 11.7. The van der Waals surface area contributed by atoms with Gasteiger partial charge in [-0.05, 0) is 18.2 Å². The lowest BCUT2D eigenvalue weighted by atomic mass is 9.98. The molecule has 0 radical (unpaired) electrons. The number of aromatic nitrogens is 1. The zero-order valence-corrected chi connectivity index (χ0v) is 12.5. The monoisotopic (exact) mass is 318 g/mol. The van der Waals surface area contributed by atoms with Gasteiger partial charge in [0.2, 0.25) is 0 Å². The van der Waals surface area contributed by atoms with E-state index in [2.05, 4.69) is 4.98 Å².